The Morgan fingerprint density at radius 2 is 1.92 bits per heavy atom. The largest absolute Gasteiger partial charge is 0.324 e. The number of hydrogen-bond acceptors (Lipinski definition) is 4. The fourth-order valence-corrected chi connectivity index (χ4v) is 4.29. The topological polar surface area (TPSA) is 75.5 Å². The van der Waals surface area contributed by atoms with Crippen molar-refractivity contribution in [3.05, 3.63) is 75.6 Å². The summed E-state index contributed by atoms with van der Waals surface area (Å²) in [7, 11) is 1.72. The molecule has 0 unspecified atom stereocenters. The number of nitrogens with one attached hydrogen (secondary N) is 1. The zero-order chi connectivity index (χ0) is 17.8. The zero-order valence-electron chi connectivity index (χ0n) is 13.5. The lowest BCUT2D eigenvalue weighted by Crippen LogP contribution is -2.54. The van der Waals surface area contributed by atoms with Gasteiger partial charge in [-0.05, 0) is 30.8 Å². The zero-order valence-corrected chi connectivity index (χ0v) is 13.5. The lowest BCUT2D eigenvalue weighted by molar-refractivity contribution is -0.534. The highest BCUT2D eigenvalue weighted by molar-refractivity contribution is 6.06. The van der Waals surface area contributed by atoms with Crippen molar-refractivity contribution in [2.24, 2.45) is 0 Å². The number of halogens is 1. The summed E-state index contributed by atoms with van der Waals surface area (Å²) in [4.78, 5) is 26.3. The van der Waals surface area contributed by atoms with Crippen molar-refractivity contribution >= 4 is 11.6 Å². The van der Waals surface area contributed by atoms with Crippen LogP contribution in [-0.4, -0.2) is 35.4 Å². The van der Waals surface area contributed by atoms with Crippen LogP contribution < -0.4 is 5.32 Å². The molecule has 2 aromatic rings. The molecule has 4 rings (SSSR count). The summed E-state index contributed by atoms with van der Waals surface area (Å²) in [6.07, 6.45) is 0. The number of anilines is 1. The van der Waals surface area contributed by atoms with Crippen LogP contribution in [0.2, 0.25) is 0 Å². The summed E-state index contributed by atoms with van der Waals surface area (Å²) >= 11 is 0. The highest BCUT2D eigenvalue weighted by Gasteiger charge is 2.68. The first-order chi connectivity index (χ1) is 12.0. The normalized spacial score (nSPS) is 28.2. The number of nitro groups is 1. The smallest absolute Gasteiger partial charge is 0.256 e. The number of nitrogens with zero attached hydrogens (tertiary/aromatic N) is 2. The molecule has 1 spiro atoms. The second-order valence-corrected chi connectivity index (χ2v) is 6.53. The third kappa shape index (κ3) is 2.02. The van der Waals surface area contributed by atoms with Crippen LogP contribution in [0, 0.1) is 15.9 Å². The molecule has 128 valence electrons. The number of amides is 1. The molecule has 0 aliphatic carbocycles. The van der Waals surface area contributed by atoms with Gasteiger partial charge in [0, 0.05) is 22.7 Å². The Bertz CT molecular complexity index is 870. The van der Waals surface area contributed by atoms with Crippen molar-refractivity contribution in [2.75, 3.05) is 18.9 Å². The van der Waals surface area contributed by atoms with Gasteiger partial charge in [0.15, 0.2) is 5.54 Å². The molecule has 2 heterocycles. The number of carbonyl (C=O) groups is 1. The van der Waals surface area contributed by atoms with E-state index in [1.807, 2.05) is 0 Å². The Balaban J connectivity index is 1.90. The fraction of sp³-hybridized carbons (Fsp3) is 0.278. The third-order valence-corrected chi connectivity index (χ3v) is 5.34. The minimum absolute atomic E-state index is 0.332. The summed E-state index contributed by atoms with van der Waals surface area (Å²) in [5.41, 5.74) is 0.517. The summed E-state index contributed by atoms with van der Waals surface area (Å²) < 4.78 is 13.3. The quantitative estimate of drug-likeness (QED) is 0.672. The molecule has 1 saturated heterocycles. The lowest BCUT2D eigenvalue weighted by Gasteiger charge is -2.30. The van der Waals surface area contributed by atoms with E-state index in [0.717, 1.165) is 0 Å². The van der Waals surface area contributed by atoms with Crippen molar-refractivity contribution in [1.82, 2.24) is 4.90 Å². The van der Waals surface area contributed by atoms with Gasteiger partial charge >= 0.3 is 0 Å². The lowest BCUT2D eigenvalue weighted by atomic mass is 9.79. The highest BCUT2D eigenvalue weighted by Crippen LogP contribution is 2.51. The molecule has 1 N–H and O–H groups in total. The van der Waals surface area contributed by atoms with Crippen LogP contribution >= 0.6 is 0 Å². The van der Waals surface area contributed by atoms with Gasteiger partial charge in [0.25, 0.3) is 11.9 Å². The predicted octanol–water partition coefficient (Wildman–Crippen LogP) is 2.35. The summed E-state index contributed by atoms with van der Waals surface area (Å²) in [6, 6.07) is 11.6. The molecular weight excluding hydrogens is 325 g/mol. The first-order valence-electron chi connectivity index (χ1n) is 7.97. The molecular formula is C18H16FN3O3. The number of fused-ring (bicyclic) bond motifs is 2. The number of benzene rings is 2. The SMILES string of the molecule is CN1C[C@H](c2ccc(F)cc2)[C@H]([N+](=O)[O-])[C@]12C(=O)Nc1ccccc12. The number of likely N-dealkylation sites (tertiary alicyclic amines) is 1. The van der Waals surface area contributed by atoms with Gasteiger partial charge < -0.3 is 5.32 Å². The van der Waals surface area contributed by atoms with Gasteiger partial charge in [-0.3, -0.25) is 19.8 Å². The molecule has 2 aromatic carbocycles. The standard InChI is InChI=1S/C18H16FN3O3/c1-21-10-13(11-6-8-12(19)9-7-11)16(22(24)25)18(21)14-4-2-3-5-15(14)20-17(18)23/h2-9,13,16H,10H2,1H3,(H,20,23)/t13-,16+,18-/m1/s1. The van der Waals surface area contributed by atoms with Crippen LogP contribution in [0.4, 0.5) is 10.1 Å². The maximum atomic E-state index is 13.3. The van der Waals surface area contributed by atoms with Crippen LogP contribution in [0.3, 0.4) is 0 Å². The number of carbonyl (C=O) groups excluding carboxylic acids is 1. The maximum absolute atomic E-state index is 13.3. The molecule has 6 nitrogen and oxygen atoms in total. The van der Waals surface area contributed by atoms with Gasteiger partial charge in [-0.25, -0.2) is 4.39 Å². The van der Waals surface area contributed by atoms with Gasteiger partial charge in [-0.2, -0.15) is 0 Å². The van der Waals surface area contributed by atoms with Crippen LogP contribution in [0.15, 0.2) is 48.5 Å². The molecule has 7 heteroatoms. The van der Waals surface area contributed by atoms with Crippen LogP contribution in [0.25, 0.3) is 0 Å². The Kier molecular flexibility index (Phi) is 3.36. The van der Waals surface area contributed by atoms with Gasteiger partial charge in [0.2, 0.25) is 0 Å². The maximum Gasteiger partial charge on any atom is 0.256 e. The third-order valence-electron chi connectivity index (χ3n) is 5.34. The van der Waals surface area contributed by atoms with E-state index in [2.05, 4.69) is 5.32 Å². The van der Waals surface area contributed by atoms with Crippen molar-refractivity contribution in [3.63, 3.8) is 0 Å². The van der Waals surface area contributed by atoms with Crippen molar-refractivity contribution in [3.8, 4) is 0 Å². The monoisotopic (exact) mass is 341 g/mol. The number of rotatable bonds is 2. The van der Waals surface area contributed by atoms with E-state index in [1.165, 1.54) is 12.1 Å². The fourth-order valence-electron chi connectivity index (χ4n) is 4.29. The Hall–Kier alpha value is -2.80. The first-order valence-corrected chi connectivity index (χ1v) is 7.97. The second-order valence-electron chi connectivity index (χ2n) is 6.53. The molecule has 2 aliphatic rings. The van der Waals surface area contributed by atoms with Gasteiger partial charge in [-0.1, -0.05) is 30.3 Å². The Morgan fingerprint density at radius 3 is 2.60 bits per heavy atom. The molecule has 1 fully saturated rings. The minimum Gasteiger partial charge on any atom is -0.324 e. The molecule has 0 bridgehead atoms. The minimum atomic E-state index is -1.36. The van der Waals surface area contributed by atoms with Gasteiger partial charge in [0.1, 0.15) is 5.82 Å². The number of likely N-dealkylation sites (N-methyl/N-ethyl adjacent to an activating group) is 1. The first kappa shape index (κ1) is 15.7. The van der Waals surface area contributed by atoms with E-state index in [-0.39, 0.29) is 10.8 Å². The van der Waals surface area contributed by atoms with Crippen LogP contribution in [-0.2, 0) is 10.3 Å². The van der Waals surface area contributed by atoms with E-state index in [4.69, 9.17) is 0 Å². The van der Waals surface area contributed by atoms with E-state index in [1.54, 1.807) is 48.3 Å². The van der Waals surface area contributed by atoms with Gasteiger partial charge in [0.05, 0.1) is 5.92 Å². The second kappa shape index (κ2) is 5.35. The molecule has 0 aromatic heterocycles. The molecule has 3 atom stereocenters. The Labute approximate surface area is 143 Å². The molecule has 25 heavy (non-hydrogen) atoms. The van der Waals surface area contributed by atoms with Crippen molar-refractivity contribution in [2.45, 2.75) is 17.5 Å². The predicted molar refractivity (Wildman–Crippen MR) is 89.3 cm³/mol. The summed E-state index contributed by atoms with van der Waals surface area (Å²) in [5, 5.41) is 14.8. The van der Waals surface area contributed by atoms with Crippen molar-refractivity contribution in [1.29, 1.82) is 0 Å². The average Bonchev–Trinajstić information content (AvgIpc) is 3.05. The molecule has 0 radical (unpaired) electrons. The average molecular weight is 341 g/mol. The molecule has 0 saturated carbocycles. The molecule has 1 amide bonds. The van der Waals surface area contributed by atoms with Crippen LogP contribution in [0.1, 0.15) is 17.0 Å². The van der Waals surface area contributed by atoms with Crippen LogP contribution in [0.5, 0.6) is 0 Å². The number of hydrogen-bond donors (Lipinski definition) is 1. The van der Waals surface area contributed by atoms with Crippen molar-refractivity contribution < 1.29 is 14.1 Å². The summed E-state index contributed by atoms with van der Waals surface area (Å²) in [6.45, 7) is 0.332. The molecule has 2 aliphatic heterocycles. The van der Waals surface area contributed by atoms with E-state index in [9.17, 15) is 19.3 Å². The number of para-hydroxylation sites is 1. The van der Waals surface area contributed by atoms with E-state index < -0.39 is 23.3 Å². The summed E-state index contributed by atoms with van der Waals surface area (Å²) in [5.74, 6) is -1.30. The van der Waals surface area contributed by atoms with E-state index >= 15 is 0 Å². The highest BCUT2D eigenvalue weighted by atomic mass is 19.1. The van der Waals surface area contributed by atoms with E-state index in [0.29, 0.717) is 23.4 Å². The van der Waals surface area contributed by atoms with Gasteiger partial charge in [-0.15, -0.1) is 0 Å². The Morgan fingerprint density at radius 1 is 1.24 bits per heavy atom.